The average molecular weight is 640 g/mol. The van der Waals surface area contributed by atoms with E-state index in [1.807, 2.05) is 36.4 Å². The summed E-state index contributed by atoms with van der Waals surface area (Å²) in [6, 6.07) is 57.1. The van der Waals surface area contributed by atoms with Crippen LogP contribution in [0.4, 0.5) is 0 Å². The molecule has 0 bridgehead atoms. The largest absolute Gasteiger partial charge is 0.456 e. The van der Waals surface area contributed by atoms with Gasteiger partial charge in [-0.25, -0.2) is 15.0 Å². The van der Waals surface area contributed by atoms with Crippen molar-refractivity contribution in [3.8, 4) is 67.5 Å². The van der Waals surface area contributed by atoms with Gasteiger partial charge in [-0.2, -0.15) is 0 Å². The number of aromatic nitrogens is 3. The van der Waals surface area contributed by atoms with Crippen LogP contribution < -0.4 is 0 Å². The molecule has 2 aromatic heterocycles. The van der Waals surface area contributed by atoms with E-state index in [-0.39, 0.29) is 0 Å². The van der Waals surface area contributed by atoms with E-state index >= 15 is 0 Å². The molecule has 0 amide bonds. The second-order valence-electron chi connectivity index (χ2n) is 12.8. The monoisotopic (exact) mass is 639 g/mol. The molecule has 50 heavy (non-hydrogen) atoms. The maximum absolute atomic E-state index is 6.14. The van der Waals surface area contributed by atoms with Gasteiger partial charge in [-0.3, -0.25) is 0 Å². The van der Waals surface area contributed by atoms with E-state index in [4.69, 9.17) is 19.4 Å². The van der Waals surface area contributed by atoms with Gasteiger partial charge in [0, 0.05) is 27.5 Å². The molecule has 7 aromatic carbocycles. The average Bonchev–Trinajstić information content (AvgIpc) is 3.76. The molecular weight excluding hydrogens is 611 g/mol. The van der Waals surface area contributed by atoms with Crippen molar-refractivity contribution in [3.63, 3.8) is 0 Å². The Labute approximate surface area is 289 Å². The third kappa shape index (κ3) is 4.81. The molecule has 0 atom stereocenters. The van der Waals surface area contributed by atoms with Gasteiger partial charge in [-0.05, 0) is 81.3 Å². The molecule has 9 aromatic rings. The number of hydrogen-bond donors (Lipinski definition) is 0. The summed E-state index contributed by atoms with van der Waals surface area (Å²) in [4.78, 5) is 15.4. The Morgan fingerprint density at radius 2 is 0.940 bits per heavy atom. The van der Waals surface area contributed by atoms with Gasteiger partial charge in [-0.15, -0.1) is 0 Å². The van der Waals surface area contributed by atoms with Crippen LogP contribution in [0.2, 0.25) is 0 Å². The third-order valence-corrected chi connectivity index (χ3v) is 9.77. The molecule has 10 rings (SSSR count). The molecule has 4 nitrogen and oxygen atoms in total. The van der Waals surface area contributed by atoms with Crippen LogP contribution in [0.1, 0.15) is 11.1 Å². The van der Waals surface area contributed by atoms with Gasteiger partial charge in [0.1, 0.15) is 11.2 Å². The van der Waals surface area contributed by atoms with Crippen molar-refractivity contribution in [1.82, 2.24) is 15.0 Å². The number of fused-ring (bicyclic) bond motifs is 6. The summed E-state index contributed by atoms with van der Waals surface area (Å²) in [7, 11) is 0. The van der Waals surface area contributed by atoms with Crippen LogP contribution in [0.15, 0.2) is 168 Å². The highest BCUT2D eigenvalue weighted by Crippen LogP contribution is 2.44. The Balaban J connectivity index is 1.13. The van der Waals surface area contributed by atoms with E-state index in [0.29, 0.717) is 17.5 Å². The van der Waals surface area contributed by atoms with Crippen LogP contribution in [-0.2, 0) is 6.42 Å². The molecule has 0 unspecified atom stereocenters. The van der Waals surface area contributed by atoms with Gasteiger partial charge in [0.15, 0.2) is 17.5 Å². The predicted molar refractivity (Wildman–Crippen MR) is 203 cm³/mol. The highest BCUT2D eigenvalue weighted by atomic mass is 16.3. The molecule has 1 aliphatic carbocycles. The van der Waals surface area contributed by atoms with Crippen LogP contribution in [0.5, 0.6) is 0 Å². The maximum Gasteiger partial charge on any atom is 0.164 e. The first kappa shape index (κ1) is 28.4. The van der Waals surface area contributed by atoms with Gasteiger partial charge in [0.05, 0.1) is 0 Å². The first-order valence-electron chi connectivity index (χ1n) is 16.9. The van der Waals surface area contributed by atoms with E-state index in [0.717, 1.165) is 50.6 Å². The van der Waals surface area contributed by atoms with Crippen molar-refractivity contribution in [1.29, 1.82) is 0 Å². The lowest BCUT2D eigenvalue weighted by Crippen LogP contribution is -2.00. The van der Waals surface area contributed by atoms with Crippen LogP contribution in [-0.4, -0.2) is 15.0 Å². The first-order chi connectivity index (χ1) is 24.7. The Morgan fingerprint density at radius 1 is 0.360 bits per heavy atom. The van der Waals surface area contributed by atoms with Crippen LogP contribution in [0.3, 0.4) is 0 Å². The molecule has 0 spiro atoms. The minimum Gasteiger partial charge on any atom is -0.456 e. The van der Waals surface area contributed by atoms with Gasteiger partial charge < -0.3 is 4.42 Å². The summed E-state index contributed by atoms with van der Waals surface area (Å²) < 4.78 is 6.14. The predicted octanol–water partition coefficient (Wildman–Crippen LogP) is 11.7. The molecular formula is C46H29N3O. The zero-order chi connectivity index (χ0) is 33.0. The number of nitrogens with zero attached hydrogens (tertiary/aromatic N) is 3. The molecule has 234 valence electrons. The van der Waals surface area contributed by atoms with E-state index in [2.05, 4.69) is 127 Å². The van der Waals surface area contributed by atoms with Crippen LogP contribution in [0, 0.1) is 0 Å². The lowest BCUT2D eigenvalue weighted by atomic mass is 9.93. The van der Waals surface area contributed by atoms with Gasteiger partial charge in [-0.1, -0.05) is 133 Å². The van der Waals surface area contributed by atoms with Crippen molar-refractivity contribution in [2.45, 2.75) is 6.42 Å². The standard InChI is InChI=1S/C46H29N3O/c1-3-10-29(11-4-1)30-18-20-32(21-19-30)44-47-45(49-46(48-44)36-24-25-42-40(28-36)38-15-7-8-17-41(38)50-42)35-23-22-33-26-34-14-9-16-37(43(34)39(33)27-35)31-12-5-2-6-13-31/h1-25,27-28H,26H2. The summed E-state index contributed by atoms with van der Waals surface area (Å²) in [5, 5.41) is 2.11. The maximum atomic E-state index is 6.14. The smallest absolute Gasteiger partial charge is 0.164 e. The fourth-order valence-electron chi connectivity index (χ4n) is 7.30. The van der Waals surface area contributed by atoms with Crippen LogP contribution in [0.25, 0.3) is 89.5 Å². The second-order valence-corrected chi connectivity index (χ2v) is 12.8. The van der Waals surface area contributed by atoms with Crippen molar-refractivity contribution < 1.29 is 4.42 Å². The van der Waals surface area contributed by atoms with E-state index in [1.165, 1.54) is 38.9 Å². The fourth-order valence-corrected chi connectivity index (χ4v) is 7.30. The summed E-state index contributed by atoms with van der Waals surface area (Å²) in [5.74, 6) is 1.89. The minimum atomic E-state index is 0.621. The van der Waals surface area contributed by atoms with E-state index in [1.54, 1.807) is 0 Å². The highest BCUT2D eigenvalue weighted by Gasteiger charge is 2.23. The molecule has 0 aliphatic heterocycles. The molecule has 0 saturated heterocycles. The number of furan rings is 1. The minimum absolute atomic E-state index is 0.621. The fraction of sp³-hybridized carbons (Fsp3) is 0.0217. The van der Waals surface area contributed by atoms with Gasteiger partial charge in [0.25, 0.3) is 0 Å². The Morgan fingerprint density at radius 3 is 1.72 bits per heavy atom. The highest BCUT2D eigenvalue weighted by molar-refractivity contribution is 6.06. The Kier molecular flexibility index (Phi) is 6.53. The molecule has 0 radical (unpaired) electrons. The molecule has 0 fully saturated rings. The normalized spacial score (nSPS) is 11.9. The molecule has 1 aliphatic rings. The van der Waals surface area contributed by atoms with Crippen molar-refractivity contribution >= 4 is 21.9 Å². The molecule has 0 N–H and O–H groups in total. The second kappa shape index (κ2) is 11.5. The third-order valence-electron chi connectivity index (χ3n) is 9.77. The summed E-state index contributed by atoms with van der Waals surface area (Å²) in [6.45, 7) is 0. The van der Waals surface area contributed by atoms with E-state index < -0.39 is 0 Å². The van der Waals surface area contributed by atoms with Crippen molar-refractivity contribution in [2.24, 2.45) is 0 Å². The summed E-state index contributed by atoms with van der Waals surface area (Å²) in [5.41, 5.74) is 14.5. The number of para-hydroxylation sites is 1. The van der Waals surface area contributed by atoms with Crippen molar-refractivity contribution in [3.05, 3.63) is 175 Å². The Bertz CT molecular complexity index is 2710. The number of rotatable bonds is 5. The zero-order valence-electron chi connectivity index (χ0n) is 27.0. The van der Waals surface area contributed by atoms with Crippen LogP contribution >= 0.6 is 0 Å². The summed E-state index contributed by atoms with van der Waals surface area (Å²) >= 11 is 0. The van der Waals surface area contributed by atoms with Gasteiger partial charge >= 0.3 is 0 Å². The van der Waals surface area contributed by atoms with E-state index in [9.17, 15) is 0 Å². The molecule has 2 heterocycles. The first-order valence-corrected chi connectivity index (χ1v) is 16.9. The quantitative estimate of drug-likeness (QED) is 0.188. The lowest BCUT2D eigenvalue weighted by Gasteiger charge is -2.12. The molecule has 4 heteroatoms. The van der Waals surface area contributed by atoms with Crippen molar-refractivity contribution in [2.75, 3.05) is 0 Å². The number of benzene rings is 7. The zero-order valence-corrected chi connectivity index (χ0v) is 27.0. The molecule has 0 saturated carbocycles. The topological polar surface area (TPSA) is 51.8 Å². The SMILES string of the molecule is c1ccc(-c2ccc(-c3nc(-c4ccc5c(c4)-c4c(cccc4-c4ccccc4)C5)nc(-c4ccc5oc6ccccc6c5c4)n3)cc2)cc1. The Hall–Kier alpha value is -6.65. The number of hydrogen-bond acceptors (Lipinski definition) is 4. The van der Waals surface area contributed by atoms with Gasteiger partial charge in [0.2, 0.25) is 0 Å². The summed E-state index contributed by atoms with van der Waals surface area (Å²) in [6.07, 6.45) is 0.908. The lowest BCUT2D eigenvalue weighted by molar-refractivity contribution is 0.669.